The molecule has 1 aromatic heterocycles. The molecule has 0 saturated carbocycles. The van der Waals surface area contributed by atoms with Crippen molar-refractivity contribution in [1.29, 1.82) is 0 Å². The molecule has 1 amide bonds. The minimum atomic E-state index is -4.65. The van der Waals surface area contributed by atoms with Gasteiger partial charge < -0.3 is 10.2 Å². The first kappa shape index (κ1) is 18.4. The van der Waals surface area contributed by atoms with Crippen molar-refractivity contribution in [1.82, 2.24) is 9.97 Å². The molecule has 2 aromatic carbocycles. The number of aromatic nitrogens is 2. The molecule has 0 radical (unpaired) electrons. The second-order valence-corrected chi connectivity index (χ2v) is 5.68. The van der Waals surface area contributed by atoms with E-state index in [1.807, 2.05) is 0 Å². The van der Waals surface area contributed by atoms with Crippen molar-refractivity contribution in [3.05, 3.63) is 67.0 Å². The van der Waals surface area contributed by atoms with Crippen LogP contribution in [0.15, 0.2) is 61.2 Å². The number of para-hydroxylation sites is 1. The lowest BCUT2D eigenvalue weighted by Gasteiger charge is -2.21. The lowest BCUT2D eigenvalue weighted by Crippen LogP contribution is -2.17. The van der Waals surface area contributed by atoms with Gasteiger partial charge in [-0.1, -0.05) is 18.7 Å². The number of halogens is 3. The molecule has 0 bridgehead atoms. The number of nitrogens with one attached hydrogen (secondary N) is 1. The molecule has 0 unspecified atom stereocenters. The molecule has 0 aliphatic rings. The summed E-state index contributed by atoms with van der Waals surface area (Å²) in [6, 6.07) is 13.1. The molecule has 3 rings (SSSR count). The molecule has 27 heavy (non-hydrogen) atoms. The SMILES string of the molecule is C=CC(=O)Nc1ccc(N(C)c2nc(C(F)(F)F)nc3ccccc23)cc1. The summed E-state index contributed by atoms with van der Waals surface area (Å²) in [5, 5.41) is 3.10. The van der Waals surface area contributed by atoms with Crippen LogP contribution < -0.4 is 10.2 Å². The molecule has 3 aromatic rings. The summed E-state index contributed by atoms with van der Waals surface area (Å²) >= 11 is 0. The summed E-state index contributed by atoms with van der Waals surface area (Å²) in [6.45, 7) is 3.37. The van der Waals surface area contributed by atoms with Gasteiger partial charge in [-0.25, -0.2) is 9.97 Å². The highest BCUT2D eigenvalue weighted by Gasteiger charge is 2.36. The van der Waals surface area contributed by atoms with Crippen LogP contribution in [0.2, 0.25) is 0 Å². The molecule has 0 fully saturated rings. The summed E-state index contributed by atoms with van der Waals surface area (Å²) < 4.78 is 39.5. The third kappa shape index (κ3) is 3.89. The third-order valence-electron chi connectivity index (χ3n) is 3.86. The van der Waals surface area contributed by atoms with E-state index in [1.165, 1.54) is 6.07 Å². The van der Waals surface area contributed by atoms with E-state index < -0.39 is 12.0 Å². The van der Waals surface area contributed by atoms with Gasteiger partial charge in [-0.2, -0.15) is 13.2 Å². The predicted octanol–water partition coefficient (Wildman–Crippen LogP) is 4.54. The van der Waals surface area contributed by atoms with Crippen molar-refractivity contribution in [2.75, 3.05) is 17.3 Å². The molecule has 0 aliphatic heterocycles. The number of carbonyl (C=O) groups is 1. The molecule has 0 saturated heterocycles. The fourth-order valence-corrected chi connectivity index (χ4v) is 2.53. The Morgan fingerprint density at radius 1 is 1.11 bits per heavy atom. The largest absolute Gasteiger partial charge is 0.451 e. The van der Waals surface area contributed by atoms with Crippen LogP contribution in [0.25, 0.3) is 10.9 Å². The number of rotatable bonds is 4. The van der Waals surface area contributed by atoms with Crippen molar-refractivity contribution < 1.29 is 18.0 Å². The number of hydrogen-bond acceptors (Lipinski definition) is 4. The maximum atomic E-state index is 13.2. The molecule has 0 spiro atoms. The normalized spacial score (nSPS) is 11.3. The van der Waals surface area contributed by atoms with Gasteiger partial charge in [0.1, 0.15) is 5.82 Å². The summed E-state index contributed by atoms with van der Waals surface area (Å²) in [4.78, 5) is 20.2. The third-order valence-corrected chi connectivity index (χ3v) is 3.86. The van der Waals surface area contributed by atoms with Crippen LogP contribution in [0.3, 0.4) is 0 Å². The van der Waals surface area contributed by atoms with Crippen LogP contribution in [-0.4, -0.2) is 22.9 Å². The Morgan fingerprint density at radius 2 is 1.78 bits per heavy atom. The van der Waals surface area contributed by atoms with E-state index in [1.54, 1.807) is 54.4 Å². The molecule has 0 atom stereocenters. The molecular weight excluding hydrogens is 357 g/mol. The van der Waals surface area contributed by atoms with E-state index in [-0.39, 0.29) is 17.2 Å². The maximum Gasteiger partial charge on any atom is 0.451 e. The molecular formula is C19H15F3N4O. The molecule has 1 N–H and O–H groups in total. The quantitative estimate of drug-likeness (QED) is 0.683. The van der Waals surface area contributed by atoms with Gasteiger partial charge in [0, 0.05) is 23.8 Å². The standard InChI is InChI=1S/C19H15F3N4O/c1-3-16(27)23-12-8-10-13(11-9-12)26(2)17-14-6-4-5-7-15(14)24-18(25-17)19(20,21)22/h3-11H,1H2,2H3,(H,23,27). The summed E-state index contributed by atoms with van der Waals surface area (Å²) in [5.74, 6) is -1.42. The van der Waals surface area contributed by atoms with Crippen molar-refractivity contribution in [3.8, 4) is 0 Å². The molecule has 0 aliphatic carbocycles. The number of alkyl halides is 3. The van der Waals surface area contributed by atoms with Gasteiger partial charge in [-0.3, -0.25) is 4.79 Å². The van der Waals surface area contributed by atoms with Crippen LogP contribution in [-0.2, 0) is 11.0 Å². The second-order valence-electron chi connectivity index (χ2n) is 5.68. The number of amides is 1. The summed E-state index contributed by atoms with van der Waals surface area (Å²) in [6.07, 6.45) is -3.51. The first-order chi connectivity index (χ1) is 12.8. The van der Waals surface area contributed by atoms with Crippen molar-refractivity contribution >= 4 is 34.0 Å². The minimum absolute atomic E-state index is 0.135. The highest BCUT2D eigenvalue weighted by Crippen LogP contribution is 2.34. The highest BCUT2D eigenvalue weighted by molar-refractivity contribution is 5.99. The average molecular weight is 372 g/mol. The highest BCUT2D eigenvalue weighted by atomic mass is 19.4. The van der Waals surface area contributed by atoms with Crippen LogP contribution >= 0.6 is 0 Å². The zero-order valence-corrected chi connectivity index (χ0v) is 14.3. The monoisotopic (exact) mass is 372 g/mol. The van der Waals surface area contributed by atoms with Gasteiger partial charge in [0.15, 0.2) is 0 Å². The lowest BCUT2D eigenvalue weighted by molar-refractivity contribution is -0.144. The number of hydrogen-bond donors (Lipinski definition) is 1. The first-order valence-electron chi connectivity index (χ1n) is 7.91. The molecule has 138 valence electrons. The van der Waals surface area contributed by atoms with E-state index in [0.29, 0.717) is 16.8 Å². The summed E-state index contributed by atoms with van der Waals surface area (Å²) in [5.41, 5.74) is 1.35. The second kappa shape index (κ2) is 7.06. The topological polar surface area (TPSA) is 58.1 Å². The van der Waals surface area contributed by atoms with Crippen molar-refractivity contribution in [3.63, 3.8) is 0 Å². The fraction of sp³-hybridized carbons (Fsp3) is 0.105. The maximum absolute atomic E-state index is 13.2. The Kier molecular flexibility index (Phi) is 4.81. The smallest absolute Gasteiger partial charge is 0.329 e. The Hall–Kier alpha value is -3.42. The summed E-state index contributed by atoms with van der Waals surface area (Å²) in [7, 11) is 1.62. The zero-order valence-electron chi connectivity index (χ0n) is 14.3. The van der Waals surface area contributed by atoms with Crippen LogP contribution in [0.1, 0.15) is 5.82 Å². The Balaban J connectivity index is 2.03. The van der Waals surface area contributed by atoms with Gasteiger partial charge in [-0.05, 0) is 42.5 Å². The Labute approximate surface area is 153 Å². The molecule has 8 heteroatoms. The van der Waals surface area contributed by atoms with E-state index in [2.05, 4.69) is 21.9 Å². The van der Waals surface area contributed by atoms with E-state index >= 15 is 0 Å². The first-order valence-corrected chi connectivity index (χ1v) is 7.91. The number of fused-ring (bicyclic) bond motifs is 1. The van der Waals surface area contributed by atoms with Crippen molar-refractivity contribution in [2.24, 2.45) is 0 Å². The lowest BCUT2D eigenvalue weighted by atomic mass is 10.2. The van der Waals surface area contributed by atoms with Crippen LogP contribution in [0, 0.1) is 0 Å². The van der Waals surface area contributed by atoms with Gasteiger partial charge >= 0.3 is 6.18 Å². The van der Waals surface area contributed by atoms with Gasteiger partial charge in [-0.15, -0.1) is 0 Å². The van der Waals surface area contributed by atoms with E-state index in [0.717, 1.165) is 6.08 Å². The van der Waals surface area contributed by atoms with Gasteiger partial charge in [0.25, 0.3) is 0 Å². The average Bonchev–Trinajstić information content (AvgIpc) is 2.66. The van der Waals surface area contributed by atoms with E-state index in [9.17, 15) is 18.0 Å². The van der Waals surface area contributed by atoms with Gasteiger partial charge in [0.2, 0.25) is 11.7 Å². The van der Waals surface area contributed by atoms with Crippen molar-refractivity contribution in [2.45, 2.75) is 6.18 Å². The number of anilines is 3. The zero-order chi connectivity index (χ0) is 19.6. The minimum Gasteiger partial charge on any atom is -0.329 e. The van der Waals surface area contributed by atoms with Crippen LogP contribution in [0.4, 0.5) is 30.4 Å². The Bertz CT molecular complexity index is 1000. The Morgan fingerprint density at radius 3 is 2.41 bits per heavy atom. The number of carbonyl (C=O) groups excluding carboxylic acids is 1. The predicted molar refractivity (Wildman–Crippen MR) is 97.9 cm³/mol. The fourth-order valence-electron chi connectivity index (χ4n) is 2.53. The number of nitrogens with zero attached hydrogens (tertiary/aromatic N) is 3. The molecule has 5 nitrogen and oxygen atoms in total. The molecule has 1 heterocycles. The van der Waals surface area contributed by atoms with Gasteiger partial charge in [0.05, 0.1) is 5.52 Å². The number of benzene rings is 2. The van der Waals surface area contributed by atoms with E-state index in [4.69, 9.17) is 0 Å². The van der Waals surface area contributed by atoms with Crippen LogP contribution in [0.5, 0.6) is 0 Å².